The molecule has 1 saturated heterocycles. The summed E-state index contributed by atoms with van der Waals surface area (Å²) in [5.41, 5.74) is 0. The summed E-state index contributed by atoms with van der Waals surface area (Å²) in [4.78, 5) is 14.2. The molecule has 0 aromatic rings. The molecule has 1 amide bonds. The van der Waals surface area contributed by atoms with Crippen molar-refractivity contribution in [1.82, 2.24) is 10.2 Å². The number of nitrogens with zero attached hydrogens (tertiary/aromatic N) is 2. The van der Waals surface area contributed by atoms with Crippen molar-refractivity contribution < 1.29 is 4.79 Å². The van der Waals surface area contributed by atoms with Crippen molar-refractivity contribution in [1.29, 1.82) is 5.26 Å². The van der Waals surface area contributed by atoms with Crippen molar-refractivity contribution in [2.24, 2.45) is 17.8 Å². The maximum absolute atomic E-state index is 12.4. The van der Waals surface area contributed by atoms with Gasteiger partial charge in [-0.05, 0) is 18.4 Å². The van der Waals surface area contributed by atoms with E-state index in [1.165, 1.54) is 0 Å². The fourth-order valence-electron chi connectivity index (χ4n) is 2.29. The molecular formula is C13H23N3O. The summed E-state index contributed by atoms with van der Waals surface area (Å²) < 4.78 is 0. The minimum absolute atomic E-state index is 0.0902. The topological polar surface area (TPSA) is 56.1 Å². The van der Waals surface area contributed by atoms with Crippen molar-refractivity contribution in [2.75, 3.05) is 26.2 Å². The van der Waals surface area contributed by atoms with E-state index in [9.17, 15) is 4.79 Å². The van der Waals surface area contributed by atoms with Gasteiger partial charge < -0.3 is 10.2 Å². The first-order valence-corrected chi connectivity index (χ1v) is 6.42. The third-order valence-electron chi connectivity index (χ3n) is 3.23. The molecule has 1 aliphatic rings. The summed E-state index contributed by atoms with van der Waals surface area (Å²) in [5, 5.41) is 11.9. The molecule has 4 nitrogen and oxygen atoms in total. The fourth-order valence-corrected chi connectivity index (χ4v) is 2.29. The molecule has 1 rings (SSSR count). The molecule has 1 aliphatic heterocycles. The number of rotatable bonds is 5. The molecule has 0 bridgehead atoms. The lowest BCUT2D eigenvalue weighted by Gasteiger charge is -2.27. The first-order chi connectivity index (χ1) is 8.06. The lowest BCUT2D eigenvalue weighted by molar-refractivity contribution is -0.136. The Kier molecular flexibility index (Phi) is 5.43. The zero-order valence-electron chi connectivity index (χ0n) is 11.1. The van der Waals surface area contributed by atoms with E-state index in [1.807, 2.05) is 4.90 Å². The van der Waals surface area contributed by atoms with E-state index in [0.717, 1.165) is 19.6 Å². The summed E-state index contributed by atoms with van der Waals surface area (Å²) >= 11 is 0. The third-order valence-corrected chi connectivity index (χ3v) is 3.23. The molecule has 96 valence electrons. The highest BCUT2D eigenvalue weighted by molar-refractivity contribution is 5.79. The third kappa shape index (κ3) is 4.01. The Morgan fingerprint density at radius 3 is 2.71 bits per heavy atom. The number of hydrogen-bond acceptors (Lipinski definition) is 3. The Balaban J connectivity index is 2.61. The average molecular weight is 237 g/mol. The maximum Gasteiger partial charge on any atom is 0.227 e. The lowest BCUT2D eigenvalue weighted by Crippen LogP contribution is -2.41. The van der Waals surface area contributed by atoms with Crippen LogP contribution < -0.4 is 5.32 Å². The Morgan fingerprint density at radius 1 is 1.53 bits per heavy atom. The van der Waals surface area contributed by atoms with Crippen molar-refractivity contribution in [3.63, 3.8) is 0 Å². The smallest absolute Gasteiger partial charge is 0.227 e. The van der Waals surface area contributed by atoms with Crippen LogP contribution in [0.1, 0.15) is 27.2 Å². The molecule has 0 aliphatic carbocycles. The van der Waals surface area contributed by atoms with Crippen LogP contribution in [-0.4, -0.2) is 37.0 Å². The van der Waals surface area contributed by atoms with Gasteiger partial charge in [-0.15, -0.1) is 0 Å². The van der Waals surface area contributed by atoms with Crippen LogP contribution in [0.2, 0.25) is 0 Å². The largest absolute Gasteiger partial charge is 0.341 e. The van der Waals surface area contributed by atoms with Gasteiger partial charge in [0.15, 0.2) is 0 Å². The molecule has 0 aromatic heterocycles. The van der Waals surface area contributed by atoms with Gasteiger partial charge in [0.2, 0.25) is 5.91 Å². The van der Waals surface area contributed by atoms with Crippen molar-refractivity contribution >= 4 is 5.91 Å². The van der Waals surface area contributed by atoms with Gasteiger partial charge in [0.05, 0.1) is 18.4 Å². The second-order valence-electron chi connectivity index (χ2n) is 5.33. The predicted octanol–water partition coefficient (Wildman–Crippen LogP) is 1.24. The molecule has 0 aromatic carbocycles. The second kappa shape index (κ2) is 6.61. The summed E-state index contributed by atoms with van der Waals surface area (Å²) in [6.45, 7) is 9.33. The van der Waals surface area contributed by atoms with Gasteiger partial charge in [-0.1, -0.05) is 20.8 Å². The van der Waals surface area contributed by atoms with Crippen LogP contribution in [0, 0.1) is 29.1 Å². The van der Waals surface area contributed by atoms with E-state index >= 15 is 0 Å². The summed E-state index contributed by atoms with van der Waals surface area (Å²) in [6, 6.07) is 2.12. The van der Waals surface area contributed by atoms with Crippen LogP contribution >= 0.6 is 0 Å². The van der Waals surface area contributed by atoms with Gasteiger partial charge in [0.1, 0.15) is 0 Å². The molecular weight excluding hydrogens is 214 g/mol. The predicted molar refractivity (Wildman–Crippen MR) is 67.2 cm³/mol. The Bertz CT molecular complexity index is 296. The van der Waals surface area contributed by atoms with E-state index in [2.05, 4.69) is 32.2 Å². The zero-order chi connectivity index (χ0) is 12.8. The summed E-state index contributed by atoms with van der Waals surface area (Å²) in [7, 11) is 0. The molecule has 4 heteroatoms. The first kappa shape index (κ1) is 14.0. The van der Waals surface area contributed by atoms with Gasteiger partial charge in [-0.3, -0.25) is 4.79 Å². The number of carbonyl (C=O) groups excluding carboxylic acids is 1. The van der Waals surface area contributed by atoms with E-state index in [0.29, 0.717) is 24.8 Å². The first-order valence-electron chi connectivity index (χ1n) is 6.42. The molecule has 2 unspecified atom stereocenters. The van der Waals surface area contributed by atoms with Crippen LogP contribution in [0.5, 0.6) is 0 Å². The number of amides is 1. The van der Waals surface area contributed by atoms with Crippen molar-refractivity contribution in [3.8, 4) is 6.07 Å². The minimum atomic E-state index is 0.0902. The molecule has 0 saturated carbocycles. The highest BCUT2D eigenvalue weighted by atomic mass is 16.2. The highest BCUT2D eigenvalue weighted by Gasteiger charge is 2.32. The maximum atomic E-state index is 12.4. The van der Waals surface area contributed by atoms with Gasteiger partial charge in [-0.25, -0.2) is 0 Å². The Hall–Kier alpha value is -1.08. The van der Waals surface area contributed by atoms with Crippen LogP contribution in [0.3, 0.4) is 0 Å². The lowest BCUT2D eigenvalue weighted by atomic mass is 9.96. The van der Waals surface area contributed by atoms with Gasteiger partial charge in [0.25, 0.3) is 0 Å². The minimum Gasteiger partial charge on any atom is -0.341 e. The summed E-state index contributed by atoms with van der Waals surface area (Å²) in [6.07, 6.45) is 0.424. The number of nitrogens with one attached hydrogen (secondary N) is 1. The summed E-state index contributed by atoms with van der Waals surface area (Å²) in [5.74, 6) is 1.15. The second-order valence-corrected chi connectivity index (χ2v) is 5.33. The standard InChI is InChI=1S/C13H23N3O/c1-10(2)9-16(6-4-5-14)13(17)12-8-15-7-11(12)3/h10-12,15H,4,6-9H2,1-3H3. The monoisotopic (exact) mass is 237 g/mol. The van der Waals surface area contributed by atoms with E-state index < -0.39 is 0 Å². The van der Waals surface area contributed by atoms with E-state index in [-0.39, 0.29) is 11.8 Å². The van der Waals surface area contributed by atoms with Gasteiger partial charge in [0, 0.05) is 19.6 Å². The molecule has 0 radical (unpaired) electrons. The zero-order valence-corrected chi connectivity index (χ0v) is 11.1. The van der Waals surface area contributed by atoms with E-state index in [4.69, 9.17) is 5.26 Å². The molecule has 2 atom stereocenters. The van der Waals surface area contributed by atoms with E-state index in [1.54, 1.807) is 0 Å². The fraction of sp³-hybridized carbons (Fsp3) is 0.846. The molecule has 1 N–H and O–H groups in total. The van der Waals surface area contributed by atoms with Crippen LogP contribution in [0.25, 0.3) is 0 Å². The molecule has 1 fully saturated rings. The Labute approximate surface area is 104 Å². The highest BCUT2D eigenvalue weighted by Crippen LogP contribution is 2.19. The average Bonchev–Trinajstić information content (AvgIpc) is 2.69. The molecule has 17 heavy (non-hydrogen) atoms. The number of nitriles is 1. The normalized spacial score (nSPS) is 23.7. The van der Waals surface area contributed by atoms with Gasteiger partial charge in [-0.2, -0.15) is 5.26 Å². The van der Waals surface area contributed by atoms with Crippen LogP contribution in [0.15, 0.2) is 0 Å². The molecule has 0 spiro atoms. The quantitative estimate of drug-likeness (QED) is 0.782. The van der Waals surface area contributed by atoms with Gasteiger partial charge >= 0.3 is 0 Å². The van der Waals surface area contributed by atoms with Crippen molar-refractivity contribution in [2.45, 2.75) is 27.2 Å². The number of carbonyl (C=O) groups is 1. The Morgan fingerprint density at radius 2 is 2.24 bits per heavy atom. The SMILES string of the molecule is CC(C)CN(CCC#N)C(=O)C1CNCC1C. The number of hydrogen-bond donors (Lipinski definition) is 1. The van der Waals surface area contributed by atoms with Crippen LogP contribution in [0.4, 0.5) is 0 Å². The molecule has 1 heterocycles. The van der Waals surface area contributed by atoms with Crippen LogP contribution in [-0.2, 0) is 4.79 Å². The van der Waals surface area contributed by atoms with Crippen molar-refractivity contribution in [3.05, 3.63) is 0 Å².